The molecule has 0 amide bonds. The molecule has 10 heteroatoms. The molecule has 0 aromatic heterocycles. The topological polar surface area (TPSA) is 68.3 Å². The zero-order valence-electron chi connectivity index (χ0n) is 4.56. The van der Waals surface area contributed by atoms with E-state index in [-0.39, 0.29) is 38.3 Å². The van der Waals surface area contributed by atoms with Gasteiger partial charge in [-0.05, 0) is 0 Å². The third-order valence-electron chi connectivity index (χ3n) is 0. The SMILES string of the molecule is O=[S-](=O)F.O=[S-](=O)F.[Li].[Ru+2]. The van der Waals surface area contributed by atoms with Gasteiger partial charge < -0.3 is 24.6 Å². The largest absolute Gasteiger partial charge is 2.00 e. The fraction of sp³-hybridized carbons (Fsp3) is 0. The summed E-state index contributed by atoms with van der Waals surface area (Å²) < 4.78 is 53.2. The van der Waals surface area contributed by atoms with Crippen LogP contribution in [0.15, 0.2) is 0 Å². The molecule has 0 atom stereocenters. The molecule has 4 nitrogen and oxygen atoms in total. The van der Waals surface area contributed by atoms with Gasteiger partial charge in [-0.2, -0.15) is 0 Å². The molecule has 0 unspecified atom stereocenters. The maximum Gasteiger partial charge on any atom is 2.00 e. The monoisotopic (exact) mass is 275 g/mol. The predicted octanol–water partition coefficient (Wildman–Crippen LogP) is -0.0229. The molecule has 0 saturated carbocycles. The predicted molar refractivity (Wildman–Crippen MR) is 25.4 cm³/mol. The Morgan fingerprint density at radius 2 is 0.800 bits per heavy atom. The molecule has 10 heavy (non-hydrogen) atoms. The molecule has 0 aromatic rings. The standard InChI is InChI=1S/2FO2S.Li.Ru/c2*1-4(2)3;;/q2*-1;;+2. The van der Waals surface area contributed by atoms with Gasteiger partial charge in [0.05, 0.1) is 22.2 Å². The van der Waals surface area contributed by atoms with E-state index in [1.165, 1.54) is 0 Å². The van der Waals surface area contributed by atoms with Crippen molar-refractivity contribution in [1.29, 1.82) is 0 Å². The second kappa shape index (κ2) is 16.5. The smallest absolute Gasteiger partial charge is 0.392 e. The first kappa shape index (κ1) is 22.4. The second-order valence-corrected chi connectivity index (χ2v) is 1.16. The maximum absolute atomic E-state index is 9.92. The summed E-state index contributed by atoms with van der Waals surface area (Å²) >= 11 is -6.72. The minimum Gasteiger partial charge on any atom is -0.392 e. The normalized spacial score (nSPS) is 6.80. The van der Waals surface area contributed by atoms with Gasteiger partial charge in [0.15, 0.2) is 0 Å². The van der Waals surface area contributed by atoms with Crippen molar-refractivity contribution in [2.75, 3.05) is 0 Å². The molecular weight excluding hydrogens is 274 g/mol. The quantitative estimate of drug-likeness (QED) is 0.353. The minimum atomic E-state index is -3.36. The van der Waals surface area contributed by atoms with Gasteiger partial charge >= 0.3 is 19.5 Å². The molecule has 0 saturated heterocycles. The van der Waals surface area contributed by atoms with E-state index in [1.54, 1.807) is 0 Å². The number of rotatable bonds is 0. The first-order chi connectivity index (χ1) is 3.46. The maximum atomic E-state index is 9.92. The first-order valence-corrected chi connectivity index (χ1v) is 2.93. The Hall–Kier alpha value is 0.981. The van der Waals surface area contributed by atoms with Crippen molar-refractivity contribution in [2.45, 2.75) is 0 Å². The summed E-state index contributed by atoms with van der Waals surface area (Å²) in [4.78, 5) is 0. The number of hydrogen-bond donors (Lipinski definition) is 0. The van der Waals surface area contributed by atoms with Crippen LogP contribution < -0.4 is 0 Å². The van der Waals surface area contributed by atoms with Crippen molar-refractivity contribution >= 4 is 41.0 Å². The molecule has 0 bridgehead atoms. The van der Waals surface area contributed by atoms with Gasteiger partial charge in [-0.25, -0.2) is 0 Å². The van der Waals surface area contributed by atoms with Crippen molar-refractivity contribution < 1.29 is 44.1 Å². The van der Waals surface area contributed by atoms with Gasteiger partial charge in [0, 0.05) is 18.9 Å². The molecule has 59 valence electrons. The van der Waals surface area contributed by atoms with Crippen LogP contribution in [-0.4, -0.2) is 18.9 Å². The molecule has 0 heterocycles. The van der Waals surface area contributed by atoms with E-state index in [0.717, 1.165) is 0 Å². The fourth-order valence-corrected chi connectivity index (χ4v) is 0. The Morgan fingerprint density at radius 1 is 0.800 bits per heavy atom. The zero-order valence-corrected chi connectivity index (χ0v) is 7.93. The van der Waals surface area contributed by atoms with Gasteiger partial charge in [-0.15, -0.1) is 0 Å². The molecule has 0 aliphatic carbocycles. The summed E-state index contributed by atoms with van der Waals surface area (Å²) in [7, 11) is 0. The molecule has 1 radical (unpaired) electrons. The van der Waals surface area contributed by atoms with Crippen LogP contribution in [0.3, 0.4) is 0 Å². The summed E-state index contributed by atoms with van der Waals surface area (Å²) in [6.07, 6.45) is 0. The van der Waals surface area contributed by atoms with Crippen LogP contribution in [0, 0.1) is 0 Å². The van der Waals surface area contributed by atoms with Gasteiger partial charge in [0.25, 0.3) is 0 Å². The molecule has 0 aliphatic heterocycles. The molecule has 0 aromatic carbocycles. The summed E-state index contributed by atoms with van der Waals surface area (Å²) in [6, 6.07) is 0. The average molecular weight is 274 g/mol. The molecule has 0 aliphatic rings. The Kier molecular flexibility index (Phi) is 37.1. The molecular formula is F2LiO4RuS2. The van der Waals surface area contributed by atoms with Crippen LogP contribution in [-0.2, 0) is 58.5 Å². The van der Waals surface area contributed by atoms with Gasteiger partial charge in [0.1, 0.15) is 0 Å². The van der Waals surface area contributed by atoms with Crippen LogP contribution in [0.2, 0.25) is 0 Å². The van der Waals surface area contributed by atoms with Gasteiger partial charge in [-0.1, -0.05) is 0 Å². The summed E-state index contributed by atoms with van der Waals surface area (Å²) in [5, 5.41) is 0. The Labute approximate surface area is 84.8 Å². The third-order valence-corrected chi connectivity index (χ3v) is 0. The van der Waals surface area contributed by atoms with E-state index < -0.39 is 22.2 Å². The van der Waals surface area contributed by atoms with Gasteiger partial charge in [0.2, 0.25) is 0 Å². The van der Waals surface area contributed by atoms with E-state index in [0.29, 0.717) is 0 Å². The first-order valence-electron chi connectivity index (χ1n) is 0.975. The van der Waals surface area contributed by atoms with E-state index in [2.05, 4.69) is 0 Å². The number of hydrogen-bond acceptors (Lipinski definition) is 6. The Bertz CT molecular complexity index is 138. The van der Waals surface area contributed by atoms with Crippen LogP contribution in [0.25, 0.3) is 0 Å². The molecule has 0 fully saturated rings. The van der Waals surface area contributed by atoms with Crippen molar-refractivity contribution in [3.05, 3.63) is 0 Å². The zero-order chi connectivity index (χ0) is 7.15. The summed E-state index contributed by atoms with van der Waals surface area (Å²) in [6.45, 7) is 0. The second-order valence-electron chi connectivity index (χ2n) is 0.388. The summed E-state index contributed by atoms with van der Waals surface area (Å²) in [5.41, 5.74) is 0. The van der Waals surface area contributed by atoms with Crippen LogP contribution in [0.1, 0.15) is 0 Å². The van der Waals surface area contributed by atoms with E-state index in [1.807, 2.05) is 0 Å². The van der Waals surface area contributed by atoms with Crippen LogP contribution in [0.4, 0.5) is 7.77 Å². The van der Waals surface area contributed by atoms with Crippen LogP contribution in [0.5, 0.6) is 0 Å². The average Bonchev–Trinajstić information content (AvgIpc) is 1.25. The Balaban J connectivity index is -0.0000000300. The number of halogens is 2. The fourth-order valence-electron chi connectivity index (χ4n) is 0. The molecule has 0 N–H and O–H groups in total. The van der Waals surface area contributed by atoms with Crippen molar-refractivity contribution in [2.24, 2.45) is 0 Å². The Morgan fingerprint density at radius 3 is 0.800 bits per heavy atom. The van der Waals surface area contributed by atoms with Crippen molar-refractivity contribution in [1.82, 2.24) is 0 Å². The minimum absolute atomic E-state index is 0. The van der Waals surface area contributed by atoms with E-state index in [4.69, 9.17) is 16.8 Å². The molecule has 0 rings (SSSR count). The third kappa shape index (κ3) is 595. The van der Waals surface area contributed by atoms with E-state index >= 15 is 0 Å². The van der Waals surface area contributed by atoms with E-state index in [9.17, 15) is 7.77 Å². The van der Waals surface area contributed by atoms with Crippen LogP contribution >= 0.6 is 0 Å². The summed E-state index contributed by atoms with van der Waals surface area (Å²) in [5.74, 6) is 0. The molecule has 0 spiro atoms. The van der Waals surface area contributed by atoms with Crippen molar-refractivity contribution in [3.8, 4) is 0 Å². The van der Waals surface area contributed by atoms with Gasteiger partial charge in [-0.3, -0.25) is 0 Å². The van der Waals surface area contributed by atoms with Crippen molar-refractivity contribution in [3.63, 3.8) is 0 Å².